The number of hydrogen-bond donors (Lipinski definition) is 1. The van der Waals surface area contributed by atoms with E-state index in [1.807, 2.05) is 0 Å². The third-order valence-corrected chi connectivity index (χ3v) is 6.43. The maximum Gasteiger partial charge on any atom is 0.119 e. The molecule has 0 radical (unpaired) electrons. The fourth-order valence-corrected chi connectivity index (χ4v) is 4.16. The van der Waals surface area contributed by atoms with Crippen molar-refractivity contribution in [3.63, 3.8) is 0 Å². The van der Waals surface area contributed by atoms with Crippen LogP contribution in [0.25, 0.3) is 0 Å². The Morgan fingerprint density at radius 2 is 0.794 bits per heavy atom. The van der Waals surface area contributed by atoms with Crippen molar-refractivity contribution in [3.8, 4) is 0 Å². The van der Waals surface area contributed by atoms with Gasteiger partial charge in [0.05, 0.1) is 6.10 Å². The van der Waals surface area contributed by atoms with Crippen LogP contribution in [0, 0.1) is 0 Å². The van der Waals surface area contributed by atoms with E-state index in [-0.39, 0.29) is 13.5 Å². The Morgan fingerprint density at radius 3 is 0.971 bits per heavy atom. The molecule has 1 N–H and O–H groups in total. The molecule has 3 nitrogen and oxygen atoms in total. The normalized spacial score (nSPS) is 17.3. The molecule has 3 aliphatic carbocycles. The van der Waals surface area contributed by atoms with Gasteiger partial charge in [-0.25, -0.2) is 0 Å². The molecule has 34 heavy (non-hydrogen) atoms. The molecule has 0 bridgehead atoms. The standard InChI is InChI=1S/3C6H12O.2C6H12.CH4/c7-6-4-2-1-3-5-6;2*1-2-3-4-5-6-7;2*1-2-4-6-5-3-1;/h6-7H,1-5H2;2*6H,2-5H2,1H3;2*1-6H2;1H4. The summed E-state index contributed by atoms with van der Waals surface area (Å²) in [5.74, 6) is 0. The molecule has 0 aromatic carbocycles. The highest BCUT2D eigenvalue weighted by molar-refractivity contribution is 5.49. The minimum absolute atomic E-state index is 0. The zero-order chi connectivity index (χ0) is 24.7. The van der Waals surface area contributed by atoms with Gasteiger partial charge >= 0.3 is 0 Å². The van der Waals surface area contributed by atoms with Crippen LogP contribution in [0.15, 0.2) is 0 Å². The first-order valence-corrected chi connectivity index (χ1v) is 14.8. The lowest BCUT2D eigenvalue weighted by atomic mass is 9.98. The number of aliphatic hydroxyl groups is 1. The van der Waals surface area contributed by atoms with E-state index in [1.54, 1.807) is 0 Å². The molecular weight excluding hydrogens is 420 g/mol. The van der Waals surface area contributed by atoms with Gasteiger partial charge in [0.25, 0.3) is 0 Å². The van der Waals surface area contributed by atoms with E-state index >= 15 is 0 Å². The predicted octanol–water partition coefficient (Wildman–Crippen LogP) is 10.2. The Morgan fingerprint density at radius 1 is 0.529 bits per heavy atom. The van der Waals surface area contributed by atoms with E-state index < -0.39 is 0 Å². The highest BCUT2D eigenvalue weighted by atomic mass is 16.3. The molecule has 3 fully saturated rings. The predicted molar refractivity (Wildman–Crippen MR) is 152 cm³/mol. The van der Waals surface area contributed by atoms with Crippen LogP contribution in [0.2, 0.25) is 0 Å². The van der Waals surface area contributed by atoms with E-state index in [1.165, 1.54) is 122 Å². The van der Waals surface area contributed by atoms with Crippen molar-refractivity contribution in [3.05, 3.63) is 0 Å². The summed E-state index contributed by atoms with van der Waals surface area (Å²) < 4.78 is 0. The average molecular weight is 485 g/mol. The highest BCUT2D eigenvalue weighted by Gasteiger charge is 2.07. The summed E-state index contributed by atoms with van der Waals surface area (Å²) in [4.78, 5) is 19.4. The molecule has 0 unspecified atom stereocenters. The van der Waals surface area contributed by atoms with Gasteiger partial charge in [0, 0.05) is 12.8 Å². The smallest absolute Gasteiger partial charge is 0.119 e. The summed E-state index contributed by atoms with van der Waals surface area (Å²) in [7, 11) is 0. The van der Waals surface area contributed by atoms with Crippen molar-refractivity contribution in [1.82, 2.24) is 0 Å². The molecule has 3 rings (SSSR count). The van der Waals surface area contributed by atoms with E-state index in [9.17, 15) is 9.59 Å². The summed E-state index contributed by atoms with van der Waals surface area (Å²) in [5.41, 5.74) is 0. The number of aliphatic hydroxyl groups excluding tert-OH is 1. The monoisotopic (exact) mass is 484 g/mol. The number of rotatable bonds is 8. The van der Waals surface area contributed by atoms with Crippen molar-refractivity contribution < 1.29 is 14.7 Å². The fraction of sp³-hybridized carbons (Fsp3) is 0.935. The highest BCUT2D eigenvalue weighted by Crippen LogP contribution is 2.17. The fourth-order valence-electron chi connectivity index (χ4n) is 4.16. The topological polar surface area (TPSA) is 54.4 Å². The Kier molecular flexibility index (Phi) is 41.0. The zero-order valence-electron chi connectivity index (χ0n) is 22.7. The summed E-state index contributed by atoms with van der Waals surface area (Å²) >= 11 is 0. The van der Waals surface area contributed by atoms with Gasteiger partial charge in [-0.1, -0.05) is 143 Å². The first-order valence-electron chi connectivity index (χ1n) is 14.8. The van der Waals surface area contributed by atoms with Crippen LogP contribution in [0.3, 0.4) is 0 Å². The lowest BCUT2D eigenvalue weighted by molar-refractivity contribution is -0.108. The number of carbonyl (C=O) groups is 2. The molecule has 3 heteroatoms. The first-order chi connectivity index (χ1) is 16.2. The molecular formula is C31H64O3. The summed E-state index contributed by atoms with van der Waals surface area (Å²) in [6, 6.07) is 0. The van der Waals surface area contributed by atoms with Gasteiger partial charge in [0.1, 0.15) is 12.6 Å². The molecule has 0 aromatic heterocycles. The lowest BCUT2D eigenvalue weighted by Crippen LogP contribution is -2.09. The average Bonchev–Trinajstić information content (AvgIpc) is 2.89. The van der Waals surface area contributed by atoms with Crippen LogP contribution in [0.1, 0.15) is 182 Å². The van der Waals surface area contributed by atoms with Crippen molar-refractivity contribution in [2.24, 2.45) is 0 Å². The third kappa shape index (κ3) is 38.6. The quantitative estimate of drug-likeness (QED) is 0.275. The molecule has 0 spiro atoms. The summed E-state index contributed by atoms with van der Waals surface area (Å²) in [6.07, 6.45) is 34.3. The van der Waals surface area contributed by atoms with Crippen molar-refractivity contribution >= 4 is 12.6 Å². The van der Waals surface area contributed by atoms with Crippen LogP contribution in [-0.4, -0.2) is 23.8 Å². The molecule has 0 aliphatic heterocycles. The van der Waals surface area contributed by atoms with Crippen LogP contribution in [-0.2, 0) is 9.59 Å². The van der Waals surface area contributed by atoms with E-state index in [2.05, 4.69) is 13.8 Å². The largest absolute Gasteiger partial charge is 0.393 e. The second kappa shape index (κ2) is 36.9. The minimum Gasteiger partial charge on any atom is -0.393 e. The molecule has 0 atom stereocenters. The molecule has 0 amide bonds. The van der Waals surface area contributed by atoms with Gasteiger partial charge < -0.3 is 14.7 Å². The Balaban J connectivity index is -0.000000351. The number of aldehydes is 2. The molecule has 3 aliphatic rings. The second-order valence-corrected chi connectivity index (χ2v) is 9.86. The molecule has 206 valence electrons. The van der Waals surface area contributed by atoms with E-state index in [0.29, 0.717) is 0 Å². The molecule has 0 saturated heterocycles. The zero-order valence-corrected chi connectivity index (χ0v) is 22.7. The van der Waals surface area contributed by atoms with Crippen molar-refractivity contribution in [2.75, 3.05) is 0 Å². The van der Waals surface area contributed by atoms with Gasteiger partial charge in [0.15, 0.2) is 0 Å². The van der Waals surface area contributed by atoms with Crippen LogP contribution in [0.5, 0.6) is 0 Å². The Bertz CT molecular complexity index is 294. The second-order valence-electron chi connectivity index (χ2n) is 9.86. The van der Waals surface area contributed by atoms with Crippen molar-refractivity contribution in [1.29, 1.82) is 0 Å². The summed E-state index contributed by atoms with van der Waals surface area (Å²) in [5, 5.41) is 8.91. The maximum absolute atomic E-state index is 9.68. The van der Waals surface area contributed by atoms with Gasteiger partial charge in [0.2, 0.25) is 0 Å². The Hall–Kier alpha value is -0.700. The van der Waals surface area contributed by atoms with Gasteiger partial charge in [-0.2, -0.15) is 0 Å². The first kappa shape index (κ1) is 37.8. The number of unbranched alkanes of at least 4 members (excludes halogenated alkanes) is 6. The van der Waals surface area contributed by atoms with Gasteiger partial charge in [-0.3, -0.25) is 0 Å². The Labute approximate surface area is 215 Å². The minimum atomic E-state index is 0. The SMILES string of the molecule is C.C1CCCCC1.C1CCCCC1.CCCCCC=O.CCCCCC=O.OC1CCCCC1. The van der Waals surface area contributed by atoms with Crippen LogP contribution >= 0.6 is 0 Å². The van der Waals surface area contributed by atoms with Crippen LogP contribution in [0.4, 0.5) is 0 Å². The van der Waals surface area contributed by atoms with Crippen molar-refractivity contribution in [2.45, 2.75) is 188 Å². The number of hydrogen-bond acceptors (Lipinski definition) is 3. The summed E-state index contributed by atoms with van der Waals surface area (Å²) in [6.45, 7) is 4.26. The molecule has 0 aromatic rings. The molecule has 3 saturated carbocycles. The van der Waals surface area contributed by atoms with Gasteiger partial charge in [-0.05, 0) is 25.7 Å². The third-order valence-electron chi connectivity index (χ3n) is 6.43. The number of carbonyl (C=O) groups excluding carboxylic acids is 2. The molecule has 0 heterocycles. The van der Waals surface area contributed by atoms with E-state index in [0.717, 1.165) is 51.1 Å². The lowest BCUT2D eigenvalue weighted by Gasteiger charge is -2.14. The maximum atomic E-state index is 9.68. The van der Waals surface area contributed by atoms with Crippen LogP contribution < -0.4 is 0 Å². The van der Waals surface area contributed by atoms with Gasteiger partial charge in [-0.15, -0.1) is 0 Å². The van der Waals surface area contributed by atoms with E-state index in [4.69, 9.17) is 5.11 Å².